The van der Waals surface area contributed by atoms with E-state index in [2.05, 4.69) is 0 Å². The number of nitrogens with zero attached hydrogens (tertiary/aromatic N) is 1. The van der Waals surface area contributed by atoms with Gasteiger partial charge in [-0.1, -0.05) is 0 Å². The van der Waals surface area contributed by atoms with E-state index in [1.807, 2.05) is 0 Å². The molecule has 0 fully saturated rings. The Hall–Kier alpha value is -2.33. The van der Waals surface area contributed by atoms with Gasteiger partial charge in [0.1, 0.15) is 29.5 Å². The topological polar surface area (TPSA) is 130 Å². The van der Waals surface area contributed by atoms with Gasteiger partial charge < -0.3 is 19.7 Å². The lowest BCUT2D eigenvalue weighted by Crippen LogP contribution is -2.39. The highest BCUT2D eigenvalue weighted by atomic mass is 32.2. The number of hydrogen-bond acceptors (Lipinski definition) is 6. The first-order valence-corrected chi connectivity index (χ1v) is 7.32. The first-order chi connectivity index (χ1) is 10.2. The van der Waals surface area contributed by atoms with E-state index in [1.54, 1.807) is 0 Å². The van der Waals surface area contributed by atoms with E-state index >= 15 is 0 Å². The Bertz CT molecular complexity index is 654. The zero-order valence-electron chi connectivity index (χ0n) is 11.8. The van der Waals surface area contributed by atoms with Gasteiger partial charge in [-0.3, -0.25) is 9.59 Å². The number of hydrogen-bond donors (Lipinski definition) is 2. The van der Waals surface area contributed by atoms with Crippen molar-refractivity contribution < 1.29 is 37.7 Å². The zero-order chi connectivity index (χ0) is 16.9. The van der Waals surface area contributed by atoms with Crippen LogP contribution in [-0.2, 0) is 19.6 Å². The van der Waals surface area contributed by atoms with Crippen LogP contribution in [0.3, 0.4) is 0 Å². The smallest absolute Gasteiger partial charge is 0.318 e. The van der Waals surface area contributed by atoms with Gasteiger partial charge in [-0.2, -0.15) is 4.31 Å². The fraction of sp³-hybridized carbons (Fsp3) is 0.333. The molecule has 22 heavy (non-hydrogen) atoms. The highest BCUT2D eigenvalue weighted by molar-refractivity contribution is 7.89. The molecule has 10 heteroatoms. The quantitative estimate of drug-likeness (QED) is 0.672. The molecule has 1 rings (SSSR count). The summed E-state index contributed by atoms with van der Waals surface area (Å²) in [6.07, 6.45) is 0. The Balaban J connectivity index is 3.35. The van der Waals surface area contributed by atoms with Crippen LogP contribution in [0.2, 0.25) is 0 Å². The minimum atomic E-state index is -4.37. The summed E-state index contributed by atoms with van der Waals surface area (Å²) >= 11 is 0. The zero-order valence-corrected chi connectivity index (χ0v) is 12.7. The van der Waals surface area contributed by atoms with Crippen molar-refractivity contribution in [3.05, 3.63) is 18.2 Å². The van der Waals surface area contributed by atoms with Crippen molar-refractivity contribution >= 4 is 22.0 Å². The molecule has 0 aliphatic rings. The molecule has 0 aromatic heterocycles. The van der Waals surface area contributed by atoms with E-state index < -0.39 is 35.1 Å². The van der Waals surface area contributed by atoms with Crippen molar-refractivity contribution in [3.63, 3.8) is 0 Å². The second-order valence-corrected chi connectivity index (χ2v) is 5.98. The average Bonchev–Trinajstić information content (AvgIpc) is 2.44. The van der Waals surface area contributed by atoms with Crippen LogP contribution in [0, 0.1) is 0 Å². The average molecular weight is 333 g/mol. The van der Waals surface area contributed by atoms with Gasteiger partial charge >= 0.3 is 11.9 Å². The molecule has 0 saturated heterocycles. The number of methoxy groups -OCH3 is 2. The predicted octanol–water partition coefficient (Wildman–Crippen LogP) is -0.136. The van der Waals surface area contributed by atoms with Crippen LogP contribution < -0.4 is 9.47 Å². The first-order valence-electron chi connectivity index (χ1n) is 5.88. The molecule has 1 aromatic carbocycles. The van der Waals surface area contributed by atoms with E-state index in [0.717, 1.165) is 6.07 Å². The van der Waals surface area contributed by atoms with E-state index in [-0.39, 0.29) is 10.6 Å². The summed E-state index contributed by atoms with van der Waals surface area (Å²) in [4.78, 5) is 21.2. The third-order valence-corrected chi connectivity index (χ3v) is 4.44. The minimum absolute atomic E-state index is 0.0832. The maximum Gasteiger partial charge on any atom is 0.318 e. The van der Waals surface area contributed by atoms with Gasteiger partial charge in [0.25, 0.3) is 0 Å². The third-order valence-electron chi connectivity index (χ3n) is 2.61. The number of sulfonamides is 1. The van der Waals surface area contributed by atoms with Crippen LogP contribution in [-0.4, -0.2) is 62.2 Å². The summed E-state index contributed by atoms with van der Waals surface area (Å²) < 4.78 is 35.1. The number of carboxylic acids is 2. The lowest BCUT2D eigenvalue weighted by molar-refractivity contribution is -0.139. The molecule has 2 N–H and O–H groups in total. The summed E-state index contributed by atoms with van der Waals surface area (Å²) in [5.41, 5.74) is 0. The van der Waals surface area contributed by atoms with E-state index in [1.165, 1.54) is 26.4 Å². The van der Waals surface area contributed by atoms with Gasteiger partial charge in [-0.05, 0) is 12.1 Å². The molecular weight excluding hydrogens is 318 g/mol. The molecule has 0 saturated carbocycles. The summed E-state index contributed by atoms with van der Waals surface area (Å²) in [6.45, 7) is -1.96. The lowest BCUT2D eigenvalue weighted by atomic mass is 10.3. The second-order valence-electron chi connectivity index (χ2n) is 4.08. The second kappa shape index (κ2) is 7.09. The molecular formula is C12H15NO8S. The van der Waals surface area contributed by atoms with Gasteiger partial charge in [-0.15, -0.1) is 0 Å². The molecule has 122 valence electrons. The molecule has 0 bridgehead atoms. The standard InChI is InChI=1S/C12H15NO8S/c1-20-8-3-4-10(9(5-8)21-2)22(18,19)13(6-11(14)15)7-12(16)17/h3-5H,6-7H2,1-2H3,(H,14,15)(H,16,17). The predicted molar refractivity (Wildman–Crippen MR) is 73.6 cm³/mol. The maximum absolute atomic E-state index is 12.5. The number of aliphatic carboxylic acids is 2. The van der Waals surface area contributed by atoms with Crippen molar-refractivity contribution in [3.8, 4) is 11.5 Å². The van der Waals surface area contributed by atoms with Gasteiger partial charge in [0.2, 0.25) is 10.0 Å². The number of rotatable bonds is 8. The first kappa shape index (κ1) is 17.7. The molecule has 1 aromatic rings. The van der Waals surface area contributed by atoms with Gasteiger partial charge in [0.15, 0.2) is 0 Å². The summed E-state index contributed by atoms with van der Waals surface area (Å²) in [5.74, 6) is -2.70. The Kier molecular flexibility index (Phi) is 5.71. The highest BCUT2D eigenvalue weighted by Gasteiger charge is 2.31. The largest absolute Gasteiger partial charge is 0.497 e. The molecule has 0 aliphatic carbocycles. The van der Waals surface area contributed by atoms with Crippen LogP contribution in [0.5, 0.6) is 11.5 Å². The number of benzene rings is 1. The molecule has 0 radical (unpaired) electrons. The van der Waals surface area contributed by atoms with Crippen LogP contribution in [0.4, 0.5) is 0 Å². The van der Waals surface area contributed by atoms with Crippen molar-refractivity contribution in [1.82, 2.24) is 4.31 Å². The monoisotopic (exact) mass is 333 g/mol. The van der Waals surface area contributed by atoms with Crippen molar-refractivity contribution in [2.45, 2.75) is 4.90 Å². The normalized spacial score (nSPS) is 11.2. The highest BCUT2D eigenvalue weighted by Crippen LogP contribution is 2.30. The number of ether oxygens (including phenoxy) is 2. The van der Waals surface area contributed by atoms with E-state index in [9.17, 15) is 18.0 Å². The number of carboxylic acid groups (broad SMARTS) is 2. The van der Waals surface area contributed by atoms with Gasteiger partial charge in [-0.25, -0.2) is 8.42 Å². The maximum atomic E-state index is 12.5. The Morgan fingerprint density at radius 2 is 1.64 bits per heavy atom. The molecule has 0 heterocycles. The fourth-order valence-corrected chi connectivity index (χ4v) is 3.13. The van der Waals surface area contributed by atoms with Crippen LogP contribution in [0.15, 0.2) is 23.1 Å². The van der Waals surface area contributed by atoms with Crippen LogP contribution in [0.25, 0.3) is 0 Å². The molecule has 0 unspecified atom stereocenters. The van der Waals surface area contributed by atoms with E-state index in [0.29, 0.717) is 10.1 Å². The summed E-state index contributed by atoms with van der Waals surface area (Å²) in [5, 5.41) is 17.5. The number of carbonyl (C=O) groups is 2. The molecule has 0 aliphatic heterocycles. The minimum Gasteiger partial charge on any atom is -0.497 e. The third kappa shape index (κ3) is 4.09. The van der Waals surface area contributed by atoms with Gasteiger partial charge in [0, 0.05) is 6.07 Å². The van der Waals surface area contributed by atoms with E-state index in [4.69, 9.17) is 19.7 Å². The van der Waals surface area contributed by atoms with Gasteiger partial charge in [0.05, 0.1) is 14.2 Å². The molecule has 0 atom stereocenters. The van der Waals surface area contributed by atoms with Crippen molar-refractivity contribution in [2.24, 2.45) is 0 Å². The lowest BCUT2D eigenvalue weighted by Gasteiger charge is -2.20. The van der Waals surface area contributed by atoms with Crippen LogP contribution >= 0.6 is 0 Å². The van der Waals surface area contributed by atoms with Crippen LogP contribution in [0.1, 0.15) is 0 Å². The molecule has 0 spiro atoms. The fourth-order valence-electron chi connectivity index (χ4n) is 1.65. The Morgan fingerprint density at radius 3 is 2.05 bits per heavy atom. The Morgan fingerprint density at radius 1 is 1.09 bits per heavy atom. The molecule has 0 amide bonds. The summed E-state index contributed by atoms with van der Waals surface area (Å²) in [7, 11) is -1.76. The molecule has 9 nitrogen and oxygen atoms in total. The summed E-state index contributed by atoms with van der Waals surface area (Å²) in [6, 6.07) is 3.80. The SMILES string of the molecule is COc1ccc(S(=O)(=O)N(CC(=O)O)CC(=O)O)c(OC)c1. The van der Waals surface area contributed by atoms with Crippen molar-refractivity contribution in [2.75, 3.05) is 27.3 Å². The Labute approximate surface area is 126 Å². The van der Waals surface area contributed by atoms with Crippen molar-refractivity contribution in [1.29, 1.82) is 0 Å².